The molecule has 1 aliphatic heterocycles. The van der Waals surface area contributed by atoms with Crippen molar-refractivity contribution in [2.24, 2.45) is 0 Å². The second-order valence-corrected chi connectivity index (χ2v) is 6.33. The van der Waals surface area contributed by atoms with Gasteiger partial charge in [0.05, 0.1) is 25.0 Å². The fraction of sp³-hybridized carbons (Fsp3) is 0.250. The van der Waals surface area contributed by atoms with Gasteiger partial charge in [-0.15, -0.1) is 0 Å². The maximum atomic E-state index is 6.19. The van der Waals surface area contributed by atoms with E-state index in [1.54, 1.807) is 25.7 Å². The van der Waals surface area contributed by atoms with Gasteiger partial charge in [-0.3, -0.25) is 4.98 Å². The van der Waals surface area contributed by atoms with Gasteiger partial charge in [-0.2, -0.15) is 0 Å². The number of hydrogen-bond donors (Lipinski definition) is 1. The number of benzene rings is 1. The lowest BCUT2D eigenvalue weighted by atomic mass is 10.0. The highest BCUT2D eigenvalue weighted by atomic mass is 16.5. The van der Waals surface area contributed by atoms with Gasteiger partial charge < -0.3 is 15.4 Å². The first-order valence-corrected chi connectivity index (χ1v) is 8.70. The zero-order chi connectivity index (χ0) is 17.9. The molecule has 4 rings (SSSR count). The summed E-state index contributed by atoms with van der Waals surface area (Å²) in [5.74, 6) is 2.06. The molecule has 0 bridgehead atoms. The van der Waals surface area contributed by atoms with Crippen LogP contribution >= 0.6 is 0 Å². The van der Waals surface area contributed by atoms with Gasteiger partial charge in [0.15, 0.2) is 11.6 Å². The molecule has 0 spiro atoms. The van der Waals surface area contributed by atoms with E-state index in [2.05, 4.69) is 27.0 Å². The number of methoxy groups -OCH3 is 1. The van der Waals surface area contributed by atoms with Gasteiger partial charge in [0.2, 0.25) is 0 Å². The first-order valence-electron chi connectivity index (χ1n) is 8.70. The lowest BCUT2D eigenvalue weighted by molar-refractivity contribution is 0.414. The summed E-state index contributed by atoms with van der Waals surface area (Å²) in [4.78, 5) is 15.5. The fourth-order valence-corrected chi connectivity index (χ4v) is 3.48. The molecule has 1 aliphatic rings. The van der Waals surface area contributed by atoms with Gasteiger partial charge >= 0.3 is 0 Å². The van der Waals surface area contributed by atoms with E-state index in [0.29, 0.717) is 5.82 Å². The minimum absolute atomic E-state index is 0.217. The van der Waals surface area contributed by atoms with E-state index in [-0.39, 0.29) is 6.04 Å². The van der Waals surface area contributed by atoms with Crippen molar-refractivity contribution in [3.63, 3.8) is 0 Å². The highest BCUT2D eigenvalue weighted by Crippen LogP contribution is 2.38. The van der Waals surface area contributed by atoms with E-state index in [0.717, 1.165) is 42.2 Å². The third kappa shape index (κ3) is 3.06. The number of aromatic nitrogens is 3. The molecule has 3 heterocycles. The first kappa shape index (κ1) is 16.3. The molecule has 0 radical (unpaired) electrons. The van der Waals surface area contributed by atoms with Crippen LogP contribution in [-0.4, -0.2) is 28.6 Å². The summed E-state index contributed by atoms with van der Waals surface area (Å²) >= 11 is 0. The van der Waals surface area contributed by atoms with Crippen molar-refractivity contribution in [3.8, 4) is 17.0 Å². The van der Waals surface area contributed by atoms with Gasteiger partial charge in [-0.1, -0.05) is 12.1 Å². The zero-order valence-corrected chi connectivity index (χ0v) is 14.7. The molecular formula is C20H21N5O. The van der Waals surface area contributed by atoms with Crippen LogP contribution in [0.3, 0.4) is 0 Å². The summed E-state index contributed by atoms with van der Waals surface area (Å²) in [5, 5.41) is 0. The predicted molar refractivity (Wildman–Crippen MR) is 102 cm³/mol. The highest BCUT2D eigenvalue weighted by Gasteiger charge is 2.29. The Kier molecular flexibility index (Phi) is 4.39. The van der Waals surface area contributed by atoms with Crippen molar-refractivity contribution in [1.29, 1.82) is 0 Å². The third-order valence-corrected chi connectivity index (χ3v) is 4.76. The molecule has 1 aromatic carbocycles. The maximum absolute atomic E-state index is 6.19. The lowest BCUT2D eigenvalue weighted by Crippen LogP contribution is -2.25. The van der Waals surface area contributed by atoms with Crippen molar-refractivity contribution in [1.82, 2.24) is 15.0 Å². The Bertz CT molecular complexity index is 900. The number of nitrogens with two attached hydrogens (primary N) is 1. The smallest absolute Gasteiger partial charge is 0.172 e. The predicted octanol–water partition coefficient (Wildman–Crippen LogP) is 3.47. The molecule has 26 heavy (non-hydrogen) atoms. The number of rotatable bonds is 4. The first-order chi connectivity index (χ1) is 12.8. The van der Waals surface area contributed by atoms with Crippen LogP contribution in [0.5, 0.6) is 5.75 Å². The number of anilines is 2. The maximum Gasteiger partial charge on any atom is 0.172 e. The van der Waals surface area contributed by atoms with Crippen LogP contribution in [0.2, 0.25) is 0 Å². The molecule has 2 N–H and O–H groups in total. The average Bonchev–Trinajstić information content (AvgIpc) is 3.19. The summed E-state index contributed by atoms with van der Waals surface area (Å²) in [7, 11) is 1.69. The molecule has 6 nitrogen and oxygen atoms in total. The van der Waals surface area contributed by atoms with E-state index in [1.165, 1.54) is 5.56 Å². The molecule has 6 heteroatoms. The summed E-state index contributed by atoms with van der Waals surface area (Å²) in [6, 6.07) is 12.3. The molecule has 0 saturated carbocycles. The van der Waals surface area contributed by atoms with Crippen LogP contribution < -0.4 is 15.4 Å². The fourth-order valence-electron chi connectivity index (χ4n) is 3.48. The Morgan fingerprint density at radius 3 is 2.85 bits per heavy atom. The lowest BCUT2D eigenvalue weighted by Gasteiger charge is -2.27. The molecular weight excluding hydrogens is 326 g/mol. The summed E-state index contributed by atoms with van der Waals surface area (Å²) < 4.78 is 5.38. The van der Waals surface area contributed by atoms with E-state index < -0.39 is 0 Å². The number of pyridine rings is 1. The van der Waals surface area contributed by atoms with Crippen LogP contribution in [0, 0.1) is 0 Å². The Morgan fingerprint density at radius 2 is 2.04 bits per heavy atom. The number of ether oxygens (including phenoxy) is 1. The molecule has 1 fully saturated rings. The van der Waals surface area contributed by atoms with Gasteiger partial charge in [-0.05, 0) is 42.7 Å². The quantitative estimate of drug-likeness (QED) is 0.779. The summed E-state index contributed by atoms with van der Waals surface area (Å²) in [5.41, 5.74) is 9.17. The monoisotopic (exact) mass is 347 g/mol. The normalized spacial score (nSPS) is 16.7. The van der Waals surface area contributed by atoms with Crippen molar-refractivity contribution in [2.45, 2.75) is 18.9 Å². The average molecular weight is 347 g/mol. The van der Waals surface area contributed by atoms with Gasteiger partial charge in [-0.25, -0.2) is 9.97 Å². The number of nitrogens with zero attached hydrogens (tertiary/aromatic N) is 4. The van der Waals surface area contributed by atoms with E-state index in [4.69, 9.17) is 15.5 Å². The largest absolute Gasteiger partial charge is 0.497 e. The van der Waals surface area contributed by atoms with Crippen LogP contribution in [0.15, 0.2) is 55.0 Å². The zero-order valence-electron chi connectivity index (χ0n) is 14.7. The SMILES string of the molecule is COc1cccc(C2CCCN2c2nc(-c3ccncc3)cnc2N)c1. The van der Waals surface area contributed by atoms with Crippen molar-refractivity contribution in [3.05, 3.63) is 60.6 Å². The molecule has 1 unspecified atom stereocenters. The number of nitrogen functional groups attached to an aromatic ring is 1. The third-order valence-electron chi connectivity index (χ3n) is 4.76. The molecule has 0 aliphatic carbocycles. The minimum Gasteiger partial charge on any atom is -0.497 e. The summed E-state index contributed by atoms with van der Waals surface area (Å²) in [6.45, 7) is 0.903. The van der Waals surface area contributed by atoms with E-state index in [9.17, 15) is 0 Å². The topological polar surface area (TPSA) is 77.2 Å². The molecule has 1 atom stereocenters. The molecule has 2 aromatic heterocycles. The molecule has 132 valence electrons. The standard InChI is InChI=1S/C20H21N5O/c1-26-16-5-2-4-15(12-16)18-6-3-11-25(18)20-19(21)23-13-17(24-20)14-7-9-22-10-8-14/h2,4-5,7-10,12-13,18H,3,6,11H2,1H3,(H2,21,23). The van der Waals surface area contributed by atoms with Crippen LogP contribution in [0.4, 0.5) is 11.6 Å². The Balaban J connectivity index is 1.71. The van der Waals surface area contributed by atoms with Crippen molar-refractivity contribution >= 4 is 11.6 Å². The number of hydrogen-bond acceptors (Lipinski definition) is 6. The second-order valence-electron chi connectivity index (χ2n) is 6.33. The highest BCUT2D eigenvalue weighted by molar-refractivity contribution is 5.66. The summed E-state index contributed by atoms with van der Waals surface area (Å²) in [6.07, 6.45) is 7.35. The van der Waals surface area contributed by atoms with Crippen molar-refractivity contribution in [2.75, 3.05) is 24.3 Å². The molecule has 1 saturated heterocycles. The van der Waals surface area contributed by atoms with Crippen LogP contribution in [0.25, 0.3) is 11.3 Å². The van der Waals surface area contributed by atoms with Gasteiger partial charge in [0.25, 0.3) is 0 Å². The van der Waals surface area contributed by atoms with Crippen molar-refractivity contribution < 1.29 is 4.74 Å². The van der Waals surface area contributed by atoms with Gasteiger partial charge in [0.1, 0.15) is 5.75 Å². The molecule has 3 aromatic rings. The van der Waals surface area contributed by atoms with Gasteiger partial charge in [0, 0.05) is 24.5 Å². The van der Waals surface area contributed by atoms with Crippen LogP contribution in [-0.2, 0) is 0 Å². The van der Waals surface area contributed by atoms with E-state index >= 15 is 0 Å². The Labute approximate surface area is 152 Å². The van der Waals surface area contributed by atoms with E-state index in [1.807, 2.05) is 24.3 Å². The second kappa shape index (κ2) is 7.00. The Morgan fingerprint density at radius 1 is 1.19 bits per heavy atom. The molecule has 0 amide bonds. The minimum atomic E-state index is 0.217. The Hall–Kier alpha value is -3.15. The van der Waals surface area contributed by atoms with Crippen LogP contribution in [0.1, 0.15) is 24.4 Å².